The lowest BCUT2D eigenvalue weighted by Gasteiger charge is -2.19. The molecule has 3 aromatic rings. The summed E-state index contributed by atoms with van der Waals surface area (Å²) in [6.45, 7) is 2.05. The number of sulfonamides is 1. The van der Waals surface area contributed by atoms with Gasteiger partial charge in [-0.1, -0.05) is 73.8 Å². The van der Waals surface area contributed by atoms with Crippen molar-refractivity contribution < 1.29 is 8.42 Å². The van der Waals surface area contributed by atoms with Crippen molar-refractivity contribution in [3.63, 3.8) is 0 Å². The van der Waals surface area contributed by atoms with E-state index in [1.165, 1.54) is 0 Å². The van der Waals surface area contributed by atoms with Crippen molar-refractivity contribution in [1.29, 1.82) is 0 Å². The molecule has 0 aliphatic carbocycles. The van der Waals surface area contributed by atoms with Gasteiger partial charge in [-0.05, 0) is 54.4 Å². The summed E-state index contributed by atoms with van der Waals surface area (Å²) in [5.41, 5.74) is 2.65. The molecule has 0 aliphatic rings. The minimum Gasteiger partial charge on any atom is -0.200 e. The molecule has 7 heteroatoms. The number of hydrogen-bond acceptors (Lipinski definition) is 3. The van der Waals surface area contributed by atoms with E-state index in [4.69, 9.17) is 0 Å². The first-order chi connectivity index (χ1) is 13.3. The highest BCUT2D eigenvalue weighted by Gasteiger charge is 2.23. The Labute approximate surface area is 182 Å². The second kappa shape index (κ2) is 9.03. The number of nitrogens with zero attached hydrogens (tertiary/aromatic N) is 2. The van der Waals surface area contributed by atoms with E-state index in [0.717, 1.165) is 30.1 Å². The molecule has 0 unspecified atom stereocenters. The Kier molecular flexibility index (Phi) is 6.69. The molecule has 0 radical (unpaired) electrons. The number of hydrazone groups is 1. The highest BCUT2D eigenvalue weighted by atomic mass is 79.9. The third-order valence-corrected chi connectivity index (χ3v) is 6.74. The van der Waals surface area contributed by atoms with Crippen molar-refractivity contribution >= 4 is 48.1 Å². The quantitative estimate of drug-likeness (QED) is 0.306. The van der Waals surface area contributed by atoms with Gasteiger partial charge in [0.25, 0.3) is 10.0 Å². The highest BCUT2D eigenvalue weighted by molar-refractivity contribution is 9.10. The Bertz CT molecular complexity index is 1060. The lowest BCUT2D eigenvalue weighted by molar-refractivity contribution is 0.427. The molecule has 0 atom stereocenters. The third kappa shape index (κ3) is 5.31. The Morgan fingerprint density at radius 3 is 1.96 bits per heavy atom. The van der Waals surface area contributed by atoms with E-state index in [-0.39, 0.29) is 11.4 Å². The highest BCUT2D eigenvalue weighted by Crippen LogP contribution is 2.21. The summed E-state index contributed by atoms with van der Waals surface area (Å²) in [7, 11) is -3.79. The second-order valence-corrected chi connectivity index (χ2v) is 9.90. The Morgan fingerprint density at radius 1 is 0.857 bits per heavy atom. The zero-order valence-electron chi connectivity index (χ0n) is 15.1. The van der Waals surface area contributed by atoms with Crippen LogP contribution in [-0.4, -0.2) is 19.0 Å². The fourth-order valence-electron chi connectivity index (χ4n) is 2.45. The number of rotatable bonds is 6. The van der Waals surface area contributed by atoms with Crippen LogP contribution in [0.15, 0.2) is 91.7 Å². The van der Waals surface area contributed by atoms with E-state index in [1.54, 1.807) is 30.5 Å². The Balaban J connectivity index is 1.96. The maximum atomic E-state index is 13.2. The van der Waals surface area contributed by atoms with Gasteiger partial charge in [-0.25, -0.2) is 0 Å². The first-order valence-electron chi connectivity index (χ1n) is 8.48. The molecular formula is C21H18Br2N2O2S. The van der Waals surface area contributed by atoms with Crippen molar-refractivity contribution in [1.82, 2.24) is 4.41 Å². The molecule has 0 spiro atoms. The average Bonchev–Trinajstić information content (AvgIpc) is 2.68. The van der Waals surface area contributed by atoms with Gasteiger partial charge >= 0.3 is 0 Å². The van der Waals surface area contributed by atoms with Gasteiger partial charge in [0.1, 0.15) is 0 Å². The molecule has 0 aliphatic heterocycles. The van der Waals surface area contributed by atoms with Crippen LogP contribution in [-0.2, 0) is 16.6 Å². The summed E-state index contributed by atoms with van der Waals surface area (Å²) in [4.78, 5) is 0.211. The first-order valence-corrected chi connectivity index (χ1v) is 11.5. The standard InChI is InChI=1S/C21H18Br2N2O2S/c1-16-2-12-21(13-3-16)28(26,27)25(15-18-6-10-20(23)11-7-18)24-14-17-4-8-19(22)9-5-17/h2-14H,15H2,1H3/b24-14+. The van der Waals surface area contributed by atoms with Crippen molar-refractivity contribution in [2.75, 3.05) is 0 Å². The summed E-state index contributed by atoms with van der Waals surface area (Å²) in [6, 6.07) is 21.8. The molecule has 4 nitrogen and oxygen atoms in total. The molecule has 0 heterocycles. The van der Waals surface area contributed by atoms with Crippen molar-refractivity contribution in [3.05, 3.63) is 98.4 Å². The summed E-state index contributed by atoms with van der Waals surface area (Å²) in [5.74, 6) is 0. The SMILES string of the molecule is Cc1ccc(S(=O)(=O)N(Cc2ccc(Br)cc2)/N=C/c2ccc(Br)cc2)cc1. The van der Waals surface area contributed by atoms with Gasteiger partial charge < -0.3 is 0 Å². The summed E-state index contributed by atoms with van der Waals surface area (Å²) >= 11 is 6.79. The first kappa shape index (κ1) is 20.8. The van der Waals surface area contributed by atoms with Gasteiger partial charge in [-0.2, -0.15) is 17.9 Å². The minimum absolute atomic E-state index is 0.135. The van der Waals surface area contributed by atoms with Crippen LogP contribution < -0.4 is 0 Å². The molecule has 0 amide bonds. The number of benzene rings is 3. The maximum Gasteiger partial charge on any atom is 0.279 e. The number of hydrogen-bond donors (Lipinski definition) is 0. The largest absolute Gasteiger partial charge is 0.279 e. The van der Waals surface area contributed by atoms with Crippen LogP contribution in [0.5, 0.6) is 0 Å². The summed E-state index contributed by atoms with van der Waals surface area (Å²) in [5, 5.41) is 4.31. The topological polar surface area (TPSA) is 49.7 Å². The van der Waals surface area contributed by atoms with Crippen LogP contribution in [0.25, 0.3) is 0 Å². The van der Waals surface area contributed by atoms with Crippen molar-refractivity contribution in [2.45, 2.75) is 18.4 Å². The molecular weight excluding hydrogens is 504 g/mol. The van der Waals surface area contributed by atoms with E-state index in [9.17, 15) is 8.42 Å². The van der Waals surface area contributed by atoms with Gasteiger partial charge in [0.15, 0.2) is 0 Å². The van der Waals surface area contributed by atoms with Gasteiger partial charge in [-0.15, -0.1) is 0 Å². The average molecular weight is 522 g/mol. The molecule has 0 fully saturated rings. The zero-order chi connectivity index (χ0) is 20.1. The van der Waals surface area contributed by atoms with E-state index >= 15 is 0 Å². The van der Waals surface area contributed by atoms with Crippen LogP contribution in [0.4, 0.5) is 0 Å². The van der Waals surface area contributed by atoms with E-state index in [2.05, 4.69) is 37.0 Å². The zero-order valence-corrected chi connectivity index (χ0v) is 19.1. The van der Waals surface area contributed by atoms with Crippen LogP contribution >= 0.6 is 31.9 Å². The third-order valence-electron chi connectivity index (χ3n) is 4.03. The van der Waals surface area contributed by atoms with Gasteiger partial charge in [-0.3, -0.25) is 0 Å². The van der Waals surface area contributed by atoms with Crippen LogP contribution in [0.1, 0.15) is 16.7 Å². The van der Waals surface area contributed by atoms with Crippen molar-refractivity contribution in [3.8, 4) is 0 Å². The Morgan fingerprint density at radius 2 is 1.39 bits per heavy atom. The summed E-state index contributed by atoms with van der Waals surface area (Å²) in [6.07, 6.45) is 1.55. The molecule has 0 saturated heterocycles. The molecule has 0 saturated carbocycles. The Hall–Kier alpha value is -1.96. The number of aryl methyl sites for hydroxylation is 1. The predicted molar refractivity (Wildman–Crippen MR) is 120 cm³/mol. The molecule has 3 rings (SSSR count). The van der Waals surface area contributed by atoms with Crippen LogP contribution in [0.2, 0.25) is 0 Å². The van der Waals surface area contributed by atoms with E-state index < -0.39 is 10.0 Å². The molecule has 0 aromatic heterocycles. The lowest BCUT2D eigenvalue weighted by atomic mass is 10.2. The van der Waals surface area contributed by atoms with Crippen LogP contribution in [0, 0.1) is 6.92 Å². The second-order valence-electron chi connectivity index (χ2n) is 6.22. The molecule has 144 valence electrons. The molecule has 28 heavy (non-hydrogen) atoms. The van der Waals surface area contributed by atoms with E-state index in [1.807, 2.05) is 55.5 Å². The monoisotopic (exact) mass is 520 g/mol. The van der Waals surface area contributed by atoms with Crippen molar-refractivity contribution in [2.24, 2.45) is 5.10 Å². The fraction of sp³-hybridized carbons (Fsp3) is 0.0952. The van der Waals surface area contributed by atoms with E-state index in [0.29, 0.717) is 0 Å². The molecule has 0 N–H and O–H groups in total. The molecule has 3 aromatic carbocycles. The van der Waals surface area contributed by atoms with Gasteiger partial charge in [0.2, 0.25) is 0 Å². The van der Waals surface area contributed by atoms with Crippen LogP contribution in [0.3, 0.4) is 0 Å². The molecule has 0 bridgehead atoms. The smallest absolute Gasteiger partial charge is 0.200 e. The predicted octanol–water partition coefficient (Wildman–Crippen LogP) is 5.75. The van der Waals surface area contributed by atoms with Gasteiger partial charge in [0.05, 0.1) is 17.7 Å². The van der Waals surface area contributed by atoms with Gasteiger partial charge in [0, 0.05) is 8.95 Å². The lowest BCUT2D eigenvalue weighted by Crippen LogP contribution is -2.26. The number of halogens is 2. The minimum atomic E-state index is -3.79. The normalized spacial score (nSPS) is 11.7. The summed E-state index contributed by atoms with van der Waals surface area (Å²) < 4.78 is 29.4. The fourth-order valence-corrected chi connectivity index (χ4v) is 4.19. The maximum absolute atomic E-state index is 13.2.